The minimum atomic E-state index is -0.480. The number of nitrogens with one attached hydrogen (secondary N) is 1. The fraction of sp³-hybridized carbons (Fsp3) is 0.318. The van der Waals surface area contributed by atoms with E-state index in [0.29, 0.717) is 24.6 Å². The molecule has 1 aromatic heterocycles. The normalized spacial score (nSPS) is 16.1. The number of aryl methyl sites for hydroxylation is 1. The van der Waals surface area contributed by atoms with Gasteiger partial charge in [-0.1, -0.05) is 12.1 Å². The molecule has 7 nitrogen and oxygen atoms in total. The van der Waals surface area contributed by atoms with E-state index in [1.807, 2.05) is 42.5 Å². The predicted molar refractivity (Wildman–Crippen MR) is 113 cm³/mol. The van der Waals surface area contributed by atoms with Gasteiger partial charge in [-0.15, -0.1) is 0 Å². The highest BCUT2D eigenvalue weighted by Crippen LogP contribution is 2.38. The Balaban J connectivity index is 1.66. The Kier molecular flexibility index (Phi) is 5.31. The summed E-state index contributed by atoms with van der Waals surface area (Å²) in [6, 6.07) is 13.5. The van der Waals surface area contributed by atoms with E-state index in [0.717, 1.165) is 40.9 Å². The number of benzene rings is 2. The van der Waals surface area contributed by atoms with Gasteiger partial charge in [0.1, 0.15) is 11.9 Å². The van der Waals surface area contributed by atoms with Crippen LogP contribution in [-0.2, 0) is 16.0 Å². The number of fused-ring (bicyclic) bond motifs is 1. The van der Waals surface area contributed by atoms with Crippen molar-refractivity contribution in [2.24, 2.45) is 0 Å². The molecule has 3 aromatic rings. The summed E-state index contributed by atoms with van der Waals surface area (Å²) < 4.78 is 18.1. The van der Waals surface area contributed by atoms with E-state index < -0.39 is 6.09 Å². The number of nitrogens with two attached hydrogens (primary N) is 1. The third kappa shape index (κ3) is 3.73. The lowest BCUT2D eigenvalue weighted by molar-refractivity contribution is 0.0932. The van der Waals surface area contributed by atoms with Crippen molar-refractivity contribution < 1.29 is 19.0 Å². The van der Waals surface area contributed by atoms with Crippen LogP contribution < -0.4 is 15.8 Å². The largest absolute Gasteiger partial charge is 0.497 e. The maximum absolute atomic E-state index is 12.2. The van der Waals surface area contributed by atoms with E-state index >= 15 is 0 Å². The van der Waals surface area contributed by atoms with Gasteiger partial charge in [0.15, 0.2) is 0 Å². The van der Waals surface area contributed by atoms with Crippen molar-refractivity contribution in [3.63, 3.8) is 0 Å². The number of rotatable bonds is 5. The average molecular weight is 395 g/mol. The topological polar surface area (TPSA) is 87.7 Å². The SMILES string of the molecule is CCn1c(-c2cccc(NC(=O)OC3CCOC3)c2)c(N)c2ccc(OC)cc21. The minimum absolute atomic E-state index is 0.188. The number of nitrogen functional groups attached to an aromatic ring is 1. The van der Waals surface area contributed by atoms with Gasteiger partial charge in [0, 0.05) is 35.7 Å². The van der Waals surface area contributed by atoms with Gasteiger partial charge < -0.3 is 24.5 Å². The second kappa shape index (κ2) is 8.05. The Labute approximate surface area is 169 Å². The van der Waals surface area contributed by atoms with Gasteiger partial charge in [0.05, 0.1) is 37.2 Å². The first-order valence-corrected chi connectivity index (χ1v) is 9.72. The minimum Gasteiger partial charge on any atom is -0.497 e. The molecule has 0 aliphatic carbocycles. The molecule has 0 radical (unpaired) electrons. The number of anilines is 2. The van der Waals surface area contributed by atoms with E-state index in [-0.39, 0.29) is 6.10 Å². The maximum Gasteiger partial charge on any atom is 0.411 e. The van der Waals surface area contributed by atoms with E-state index in [2.05, 4.69) is 16.8 Å². The highest BCUT2D eigenvalue weighted by molar-refractivity contribution is 6.02. The molecule has 2 heterocycles. The van der Waals surface area contributed by atoms with Crippen LogP contribution in [0.5, 0.6) is 5.75 Å². The van der Waals surface area contributed by atoms with E-state index in [9.17, 15) is 4.79 Å². The van der Waals surface area contributed by atoms with Crippen LogP contribution >= 0.6 is 0 Å². The van der Waals surface area contributed by atoms with Crippen molar-refractivity contribution in [2.75, 3.05) is 31.4 Å². The summed E-state index contributed by atoms with van der Waals surface area (Å²) in [4.78, 5) is 12.2. The molecule has 1 saturated heterocycles. The van der Waals surface area contributed by atoms with Gasteiger partial charge in [-0.2, -0.15) is 0 Å². The molecule has 1 atom stereocenters. The first-order chi connectivity index (χ1) is 14.1. The van der Waals surface area contributed by atoms with Crippen LogP contribution in [0.2, 0.25) is 0 Å². The summed E-state index contributed by atoms with van der Waals surface area (Å²) in [6.45, 7) is 3.89. The van der Waals surface area contributed by atoms with Crippen LogP contribution in [0.1, 0.15) is 13.3 Å². The highest BCUT2D eigenvalue weighted by atomic mass is 16.6. The lowest BCUT2D eigenvalue weighted by Crippen LogP contribution is -2.22. The molecule has 1 aliphatic heterocycles. The molecule has 1 amide bonds. The van der Waals surface area contributed by atoms with Gasteiger partial charge in [0.25, 0.3) is 0 Å². The molecule has 3 N–H and O–H groups in total. The van der Waals surface area contributed by atoms with Crippen molar-refractivity contribution >= 4 is 28.4 Å². The van der Waals surface area contributed by atoms with Crippen LogP contribution in [0.25, 0.3) is 22.2 Å². The quantitative estimate of drug-likeness (QED) is 0.674. The Morgan fingerprint density at radius 2 is 2.17 bits per heavy atom. The van der Waals surface area contributed by atoms with E-state index in [1.54, 1.807) is 7.11 Å². The summed E-state index contributed by atoms with van der Waals surface area (Å²) >= 11 is 0. The zero-order chi connectivity index (χ0) is 20.4. The molecule has 1 fully saturated rings. The Hall–Kier alpha value is -3.19. The smallest absolute Gasteiger partial charge is 0.411 e. The lowest BCUT2D eigenvalue weighted by Gasteiger charge is -2.13. The van der Waals surface area contributed by atoms with Gasteiger partial charge in [-0.3, -0.25) is 5.32 Å². The summed E-state index contributed by atoms with van der Waals surface area (Å²) in [5, 5.41) is 3.77. The van der Waals surface area contributed by atoms with Gasteiger partial charge in [-0.25, -0.2) is 4.79 Å². The molecule has 152 valence electrons. The summed E-state index contributed by atoms with van der Waals surface area (Å²) in [6.07, 6.45) is 0.0576. The molecule has 2 aromatic carbocycles. The monoisotopic (exact) mass is 395 g/mol. The molecule has 4 rings (SSSR count). The second-order valence-electron chi connectivity index (χ2n) is 6.99. The molecule has 0 spiro atoms. The van der Waals surface area contributed by atoms with Gasteiger partial charge >= 0.3 is 6.09 Å². The summed E-state index contributed by atoms with van der Waals surface area (Å²) in [5.41, 5.74) is 10.7. The number of nitrogens with zero attached hydrogens (tertiary/aromatic N) is 1. The standard InChI is InChI=1S/C22H25N3O4/c1-3-25-19-12-16(27-2)7-8-18(19)20(23)21(25)14-5-4-6-15(11-14)24-22(26)29-17-9-10-28-13-17/h4-8,11-12,17H,3,9-10,13,23H2,1-2H3,(H,24,26). The number of methoxy groups -OCH3 is 1. The Morgan fingerprint density at radius 1 is 1.31 bits per heavy atom. The van der Waals surface area contributed by atoms with Crippen LogP contribution in [0.3, 0.4) is 0 Å². The first kappa shape index (κ1) is 19.1. The number of ether oxygens (including phenoxy) is 3. The summed E-state index contributed by atoms with van der Waals surface area (Å²) in [5.74, 6) is 0.783. The lowest BCUT2D eigenvalue weighted by atomic mass is 10.1. The number of carbonyl (C=O) groups excluding carboxylic acids is 1. The molecule has 29 heavy (non-hydrogen) atoms. The number of hydrogen-bond acceptors (Lipinski definition) is 5. The van der Waals surface area contributed by atoms with Crippen LogP contribution in [0.4, 0.5) is 16.2 Å². The molecule has 0 bridgehead atoms. The third-order valence-electron chi connectivity index (χ3n) is 5.17. The fourth-order valence-electron chi connectivity index (χ4n) is 3.77. The average Bonchev–Trinajstić information content (AvgIpc) is 3.33. The third-order valence-corrected chi connectivity index (χ3v) is 5.17. The number of aromatic nitrogens is 1. The predicted octanol–water partition coefficient (Wildman–Crippen LogP) is 4.26. The van der Waals surface area contributed by atoms with Crippen LogP contribution in [-0.4, -0.2) is 37.1 Å². The molecule has 1 unspecified atom stereocenters. The van der Waals surface area contributed by atoms with Gasteiger partial charge in [-0.05, 0) is 31.2 Å². The van der Waals surface area contributed by atoms with Crippen molar-refractivity contribution in [3.8, 4) is 17.0 Å². The van der Waals surface area contributed by atoms with Crippen LogP contribution in [0, 0.1) is 0 Å². The molecule has 7 heteroatoms. The van der Waals surface area contributed by atoms with E-state index in [1.165, 1.54) is 0 Å². The number of carbonyl (C=O) groups is 1. The molecule has 1 aliphatic rings. The van der Waals surface area contributed by atoms with Crippen molar-refractivity contribution in [1.29, 1.82) is 0 Å². The number of amides is 1. The number of hydrogen-bond donors (Lipinski definition) is 2. The highest BCUT2D eigenvalue weighted by Gasteiger charge is 2.20. The van der Waals surface area contributed by atoms with Crippen molar-refractivity contribution in [2.45, 2.75) is 26.0 Å². The summed E-state index contributed by atoms with van der Waals surface area (Å²) in [7, 11) is 1.65. The van der Waals surface area contributed by atoms with Crippen LogP contribution in [0.15, 0.2) is 42.5 Å². The first-order valence-electron chi connectivity index (χ1n) is 9.72. The maximum atomic E-state index is 12.2. The Bertz CT molecular complexity index is 1040. The van der Waals surface area contributed by atoms with Gasteiger partial charge in [0.2, 0.25) is 0 Å². The van der Waals surface area contributed by atoms with Crippen molar-refractivity contribution in [1.82, 2.24) is 4.57 Å². The molecule has 0 saturated carbocycles. The second-order valence-corrected chi connectivity index (χ2v) is 6.99. The Morgan fingerprint density at radius 3 is 2.90 bits per heavy atom. The fourth-order valence-corrected chi connectivity index (χ4v) is 3.77. The molecular weight excluding hydrogens is 370 g/mol. The zero-order valence-corrected chi connectivity index (χ0v) is 16.6. The zero-order valence-electron chi connectivity index (χ0n) is 16.6. The molecular formula is C22H25N3O4. The van der Waals surface area contributed by atoms with Crippen molar-refractivity contribution in [3.05, 3.63) is 42.5 Å². The van der Waals surface area contributed by atoms with E-state index in [4.69, 9.17) is 19.9 Å².